The van der Waals surface area contributed by atoms with E-state index in [0.29, 0.717) is 0 Å². The van der Waals surface area contributed by atoms with Crippen molar-refractivity contribution < 1.29 is 14.7 Å². The zero-order valence-corrected chi connectivity index (χ0v) is 12.4. The number of Topliss-reactive ketones (excluding diaryl/α,β-unsaturated/α-hetero) is 1. The number of ketones is 1. The highest BCUT2D eigenvalue weighted by Gasteiger charge is 2.03. The van der Waals surface area contributed by atoms with Gasteiger partial charge in [-0.15, -0.1) is 0 Å². The topological polar surface area (TPSA) is 54.4 Å². The number of aliphatic carboxylic acids is 1. The van der Waals surface area contributed by atoms with Crippen LogP contribution in [0, 0.1) is 0 Å². The van der Waals surface area contributed by atoms with Crippen LogP contribution in [0.1, 0.15) is 78.1 Å². The number of allylic oxidation sites excluding steroid dienone is 2. The lowest BCUT2D eigenvalue weighted by Crippen LogP contribution is -1.97. The molecule has 0 heterocycles. The van der Waals surface area contributed by atoms with E-state index in [4.69, 9.17) is 5.11 Å². The zero-order valence-electron chi connectivity index (χ0n) is 12.4. The second-order valence-electron chi connectivity index (χ2n) is 5.09. The summed E-state index contributed by atoms with van der Waals surface area (Å²) >= 11 is 0. The van der Waals surface area contributed by atoms with E-state index >= 15 is 0 Å². The fraction of sp³-hybridized carbons (Fsp3) is 0.750. The molecule has 0 aromatic carbocycles. The van der Waals surface area contributed by atoms with Crippen LogP contribution in [0.25, 0.3) is 0 Å². The Kier molecular flexibility index (Phi) is 11.2. The van der Waals surface area contributed by atoms with Crippen LogP contribution in [0.15, 0.2) is 11.6 Å². The number of unbranched alkanes of at least 4 members (excludes halogenated alkanes) is 6. The normalized spacial score (nSPS) is 11.6. The predicted molar refractivity (Wildman–Crippen MR) is 78.2 cm³/mol. The van der Waals surface area contributed by atoms with Gasteiger partial charge < -0.3 is 5.11 Å². The van der Waals surface area contributed by atoms with Crippen LogP contribution in [0.3, 0.4) is 0 Å². The van der Waals surface area contributed by atoms with Gasteiger partial charge in [-0.3, -0.25) is 9.59 Å². The fourth-order valence-electron chi connectivity index (χ4n) is 2.02. The van der Waals surface area contributed by atoms with Crippen LogP contribution in [0.5, 0.6) is 0 Å². The molecule has 0 aliphatic carbocycles. The lowest BCUT2D eigenvalue weighted by Gasteiger charge is -2.04. The third-order valence-corrected chi connectivity index (χ3v) is 3.24. The lowest BCUT2D eigenvalue weighted by atomic mass is 10.0. The van der Waals surface area contributed by atoms with Crippen LogP contribution in [0.4, 0.5) is 0 Å². The second kappa shape index (κ2) is 11.9. The Bertz CT molecular complexity index is 292. The summed E-state index contributed by atoms with van der Waals surface area (Å²) in [5, 5.41) is 8.51. The van der Waals surface area contributed by atoms with Crippen molar-refractivity contribution in [3.63, 3.8) is 0 Å². The fourth-order valence-corrected chi connectivity index (χ4v) is 2.02. The molecule has 19 heavy (non-hydrogen) atoms. The Morgan fingerprint density at radius 1 is 0.947 bits per heavy atom. The van der Waals surface area contributed by atoms with Gasteiger partial charge >= 0.3 is 5.97 Å². The van der Waals surface area contributed by atoms with Crippen LogP contribution in [-0.4, -0.2) is 16.9 Å². The predicted octanol–water partition coefficient (Wildman–Crippen LogP) is 4.51. The first-order chi connectivity index (χ1) is 9.07. The molecule has 3 heteroatoms. The molecule has 0 aliphatic heterocycles. The van der Waals surface area contributed by atoms with Gasteiger partial charge in [0.15, 0.2) is 5.78 Å². The minimum atomic E-state index is -0.710. The first kappa shape index (κ1) is 17.9. The summed E-state index contributed by atoms with van der Waals surface area (Å²) in [5.74, 6) is -0.514. The molecule has 0 aromatic rings. The van der Waals surface area contributed by atoms with Gasteiger partial charge in [0.05, 0.1) is 0 Å². The van der Waals surface area contributed by atoms with Crippen molar-refractivity contribution in [1.82, 2.24) is 0 Å². The molecule has 3 nitrogen and oxygen atoms in total. The van der Waals surface area contributed by atoms with E-state index in [0.717, 1.165) is 63.4 Å². The van der Waals surface area contributed by atoms with Crippen molar-refractivity contribution in [2.24, 2.45) is 0 Å². The van der Waals surface area contributed by atoms with E-state index in [2.05, 4.69) is 13.0 Å². The summed E-state index contributed by atoms with van der Waals surface area (Å²) in [6.07, 6.45) is 11.5. The van der Waals surface area contributed by atoms with E-state index in [1.165, 1.54) is 0 Å². The highest BCUT2D eigenvalue weighted by atomic mass is 16.4. The van der Waals surface area contributed by atoms with E-state index in [9.17, 15) is 9.59 Å². The van der Waals surface area contributed by atoms with Crippen LogP contribution < -0.4 is 0 Å². The molecule has 110 valence electrons. The third kappa shape index (κ3) is 11.7. The molecular formula is C16H28O3. The molecule has 1 N–H and O–H groups in total. The quantitative estimate of drug-likeness (QED) is 0.418. The maximum atomic E-state index is 11.4. The molecule has 0 amide bonds. The molecule has 0 rings (SSSR count). The van der Waals surface area contributed by atoms with E-state index in [1.54, 1.807) is 6.92 Å². The number of carboxylic acid groups (broad SMARTS) is 1. The van der Waals surface area contributed by atoms with Gasteiger partial charge in [0.1, 0.15) is 0 Å². The van der Waals surface area contributed by atoms with Crippen LogP contribution in [-0.2, 0) is 9.59 Å². The Balaban J connectivity index is 3.67. The molecule has 0 aliphatic rings. The molecule has 0 saturated carbocycles. The Morgan fingerprint density at radius 2 is 1.53 bits per heavy atom. The zero-order chi connectivity index (χ0) is 14.5. The molecule has 0 bridgehead atoms. The highest BCUT2D eigenvalue weighted by Crippen LogP contribution is 2.14. The summed E-state index contributed by atoms with van der Waals surface area (Å²) < 4.78 is 0. The monoisotopic (exact) mass is 268 g/mol. The minimum Gasteiger partial charge on any atom is -0.481 e. The summed E-state index contributed by atoms with van der Waals surface area (Å²) in [7, 11) is 0. The van der Waals surface area contributed by atoms with Gasteiger partial charge in [-0.05, 0) is 38.2 Å². The van der Waals surface area contributed by atoms with E-state index < -0.39 is 5.97 Å². The maximum absolute atomic E-state index is 11.4. The Morgan fingerprint density at radius 3 is 2.05 bits per heavy atom. The number of hydrogen-bond donors (Lipinski definition) is 1. The van der Waals surface area contributed by atoms with Crippen LogP contribution in [0.2, 0.25) is 0 Å². The standard InChI is InChI=1S/C16H28O3/c1-3-4-8-11-15(14(2)17)12-9-6-5-7-10-13-16(18)19/h11H,3-10,12-13H2,1-2H3,(H,18,19). The molecule has 0 spiro atoms. The Labute approximate surface area is 117 Å². The highest BCUT2D eigenvalue weighted by molar-refractivity contribution is 5.93. The number of carbonyl (C=O) groups is 2. The average molecular weight is 268 g/mol. The summed E-state index contributed by atoms with van der Waals surface area (Å²) in [6.45, 7) is 3.79. The number of carbonyl (C=O) groups excluding carboxylic acids is 1. The molecule has 0 unspecified atom stereocenters. The van der Waals surface area contributed by atoms with Crippen LogP contribution >= 0.6 is 0 Å². The van der Waals surface area contributed by atoms with E-state index in [-0.39, 0.29) is 12.2 Å². The van der Waals surface area contributed by atoms with Crippen molar-refractivity contribution >= 4 is 11.8 Å². The second-order valence-corrected chi connectivity index (χ2v) is 5.09. The van der Waals surface area contributed by atoms with E-state index in [1.807, 2.05) is 0 Å². The van der Waals surface area contributed by atoms with Gasteiger partial charge in [0.25, 0.3) is 0 Å². The summed E-state index contributed by atoms with van der Waals surface area (Å²) in [4.78, 5) is 21.8. The minimum absolute atomic E-state index is 0.196. The van der Waals surface area contributed by atoms with Gasteiger partial charge in [0.2, 0.25) is 0 Å². The molecule has 0 saturated heterocycles. The number of rotatable bonds is 12. The number of hydrogen-bond acceptors (Lipinski definition) is 2. The van der Waals surface area contributed by atoms with Crippen molar-refractivity contribution in [3.8, 4) is 0 Å². The van der Waals surface area contributed by atoms with Crippen molar-refractivity contribution in [1.29, 1.82) is 0 Å². The van der Waals surface area contributed by atoms with Gasteiger partial charge in [-0.2, -0.15) is 0 Å². The molecular weight excluding hydrogens is 240 g/mol. The SMILES string of the molecule is CCCCC=C(CCCCCCCC(=O)O)C(C)=O. The van der Waals surface area contributed by atoms with Crippen molar-refractivity contribution in [2.75, 3.05) is 0 Å². The molecule has 0 radical (unpaired) electrons. The molecule has 0 atom stereocenters. The largest absolute Gasteiger partial charge is 0.481 e. The first-order valence-electron chi connectivity index (χ1n) is 7.49. The third-order valence-electron chi connectivity index (χ3n) is 3.24. The van der Waals surface area contributed by atoms with Crippen molar-refractivity contribution in [2.45, 2.75) is 78.1 Å². The summed E-state index contributed by atoms with van der Waals surface area (Å²) in [6, 6.07) is 0. The van der Waals surface area contributed by atoms with Gasteiger partial charge in [0, 0.05) is 6.42 Å². The summed E-state index contributed by atoms with van der Waals surface area (Å²) in [5.41, 5.74) is 0.971. The Hall–Kier alpha value is -1.12. The van der Waals surface area contributed by atoms with Gasteiger partial charge in [-0.25, -0.2) is 0 Å². The maximum Gasteiger partial charge on any atom is 0.303 e. The molecule has 0 fully saturated rings. The van der Waals surface area contributed by atoms with Gasteiger partial charge in [-0.1, -0.05) is 45.1 Å². The van der Waals surface area contributed by atoms with Crippen molar-refractivity contribution in [3.05, 3.63) is 11.6 Å². The average Bonchev–Trinajstić information content (AvgIpc) is 2.34. The smallest absolute Gasteiger partial charge is 0.303 e. The molecule has 0 aromatic heterocycles. The lowest BCUT2D eigenvalue weighted by molar-refractivity contribution is -0.137. The number of carboxylic acids is 1. The first-order valence-corrected chi connectivity index (χ1v) is 7.49.